The predicted molar refractivity (Wildman–Crippen MR) is 82.3 cm³/mol. The van der Waals surface area contributed by atoms with Crippen molar-refractivity contribution >= 4 is 11.8 Å². The van der Waals surface area contributed by atoms with Crippen molar-refractivity contribution in [2.75, 3.05) is 13.1 Å². The van der Waals surface area contributed by atoms with Crippen LogP contribution in [0.3, 0.4) is 0 Å². The summed E-state index contributed by atoms with van der Waals surface area (Å²) in [6.07, 6.45) is 2.19. The molecule has 1 aliphatic heterocycles. The molecule has 1 aromatic rings. The van der Waals surface area contributed by atoms with Gasteiger partial charge in [-0.25, -0.2) is 9.78 Å². The molecule has 2 rings (SSSR count). The normalized spacial score (nSPS) is 18.4. The highest BCUT2D eigenvalue weighted by atomic mass is 16.6. The Morgan fingerprint density at radius 2 is 2.17 bits per heavy atom. The Morgan fingerprint density at radius 1 is 1.43 bits per heavy atom. The molecule has 0 aliphatic carbocycles. The maximum absolute atomic E-state index is 12.1. The molecule has 1 amide bonds. The van der Waals surface area contributed by atoms with Crippen LogP contribution in [0.25, 0.3) is 0 Å². The molecule has 0 radical (unpaired) electrons. The summed E-state index contributed by atoms with van der Waals surface area (Å²) in [5.74, 6) is 0.312. The van der Waals surface area contributed by atoms with Crippen molar-refractivity contribution in [1.29, 1.82) is 0 Å². The molecule has 8 nitrogen and oxygen atoms in total. The van der Waals surface area contributed by atoms with E-state index in [4.69, 9.17) is 9.47 Å². The highest BCUT2D eigenvalue weighted by molar-refractivity contribution is 5.68. The summed E-state index contributed by atoms with van der Waals surface area (Å²) in [5.41, 5.74) is -0.624. The predicted octanol–water partition coefficient (Wildman–Crippen LogP) is 2.77. The van der Waals surface area contributed by atoms with Crippen LogP contribution in [0.1, 0.15) is 33.6 Å². The third kappa shape index (κ3) is 5.08. The number of rotatable bonds is 3. The van der Waals surface area contributed by atoms with E-state index in [0.29, 0.717) is 19.0 Å². The van der Waals surface area contributed by atoms with Crippen molar-refractivity contribution in [3.63, 3.8) is 0 Å². The van der Waals surface area contributed by atoms with Crippen LogP contribution in [-0.4, -0.2) is 45.7 Å². The lowest BCUT2D eigenvalue weighted by atomic mass is 10.1. The van der Waals surface area contributed by atoms with Gasteiger partial charge >= 0.3 is 6.09 Å². The lowest BCUT2D eigenvalue weighted by molar-refractivity contribution is -0.385. The minimum atomic E-state index is -0.537. The summed E-state index contributed by atoms with van der Waals surface area (Å²) in [4.78, 5) is 27.7. The van der Waals surface area contributed by atoms with Gasteiger partial charge in [0.25, 0.3) is 5.69 Å². The van der Waals surface area contributed by atoms with Gasteiger partial charge < -0.3 is 14.4 Å². The molecule has 0 N–H and O–H groups in total. The van der Waals surface area contributed by atoms with Gasteiger partial charge in [0.05, 0.1) is 11.5 Å². The van der Waals surface area contributed by atoms with Crippen LogP contribution < -0.4 is 4.74 Å². The molecule has 8 heteroatoms. The summed E-state index contributed by atoms with van der Waals surface area (Å²) in [7, 11) is 0. The van der Waals surface area contributed by atoms with Crippen molar-refractivity contribution < 1.29 is 19.2 Å². The quantitative estimate of drug-likeness (QED) is 0.627. The molecular formula is C15H21N3O5. The molecule has 0 bridgehead atoms. The van der Waals surface area contributed by atoms with Gasteiger partial charge in [0.2, 0.25) is 5.88 Å². The first-order chi connectivity index (χ1) is 10.7. The van der Waals surface area contributed by atoms with Gasteiger partial charge in [0.15, 0.2) is 0 Å². The molecule has 1 atom stereocenters. The van der Waals surface area contributed by atoms with Gasteiger partial charge in [-0.1, -0.05) is 0 Å². The van der Waals surface area contributed by atoms with Crippen molar-refractivity contribution in [1.82, 2.24) is 9.88 Å². The Bertz CT molecular complexity index is 567. The molecule has 0 saturated carbocycles. The Kier molecular flexibility index (Phi) is 5.02. The van der Waals surface area contributed by atoms with Crippen LogP contribution in [0, 0.1) is 10.1 Å². The molecular weight excluding hydrogens is 302 g/mol. The fourth-order valence-corrected chi connectivity index (χ4v) is 2.25. The van der Waals surface area contributed by atoms with Gasteiger partial charge in [-0.15, -0.1) is 0 Å². The second kappa shape index (κ2) is 6.80. The molecule has 1 saturated heterocycles. The van der Waals surface area contributed by atoms with Crippen LogP contribution >= 0.6 is 0 Å². The van der Waals surface area contributed by atoms with E-state index < -0.39 is 10.5 Å². The zero-order valence-corrected chi connectivity index (χ0v) is 13.5. The lowest BCUT2D eigenvalue weighted by Gasteiger charge is -2.33. The number of piperidine rings is 1. The second-order valence-electron chi connectivity index (χ2n) is 6.42. The van der Waals surface area contributed by atoms with Gasteiger partial charge in [-0.05, 0) is 33.6 Å². The van der Waals surface area contributed by atoms with E-state index in [9.17, 15) is 14.9 Å². The highest BCUT2D eigenvalue weighted by Crippen LogP contribution is 2.20. The summed E-state index contributed by atoms with van der Waals surface area (Å²) in [6.45, 7) is 6.51. The van der Waals surface area contributed by atoms with E-state index in [1.807, 2.05) is 20.8 Å². The van der Waals surface area contributed by atoms with E-state index in [0.717, 1.165) is 19.0 Å². The number of hydrogen-bond acceptors (Lipinski definition) is 6. The van der Waals surface area contributed by atoms with Crippen molar-refractivity contribution in [3.8, 4) is 5.88 Å². The maximum atomic E-state index is 12.1. The van der Waals surface area contributed by atoms with Crippen LogP contribution in [0.4, 0.5) is 10.5 Å². The molecule has 0 spiro atoms. The molecule has 1 aromatic heterocycles. The fourth-order valence-electron chi connectivity index (χ4n) is 2.25. The Labute approximate surface area is 134 Å². The van der Waals surface area contributed by atoms with Crippen LogP contribution in [-0.2, 0) is 4.74 Å². The molecule has 126 valence electrons. The summed E-state index contributed by atoms with van der Waals surface area (Å²) < 4.78 is 11.1. The SMILES string of the molecule is CC(C)(C)OC(=O)N1CCC[C@@H](Oc2ccc([N+](=O)[O-])cn2)C1. The number of carbonyl (C=O) groups excluding carboxylic acids is 1. The number of amides is 1. The van der Waals surface area contributed by atoms with Gasteiger partial charge in [0, 0.05) is 18.7 Å². The van der Waals surface area contributed by atoms with Crippen molar-refractivity contribution in [2.45, 2.75) is 45.3 Å². The zero-order chi connectivity index (χ0) is 17.0. The van der Waals surface area contributed by atoms with E-state index in [2.05, 4.69) is 4.98 Å². The number of carbonyl (C=O) groups is 1. The summed E-state index contributed by atoms with van der Waals surface area (Å²) in [5, 5.41) is 10.6. The summed E-state index contributed by atoms with van der Waals surface area (Å²) >= 11 is 0. The number of nitrogens with zero attached hydrogens (tertiary/aromatic N) is 3. The Morgan fingerprint density at radius 3 is 2.74 bits per heavy atom. The monoisotopic (exact) mass is 323 g/mol. The number of pyridine rings is 1. The van der Waals surface area contributed by atoms with E-state index in [1.165, 1.54) is 12.1 Å². The van der Waals surface area contributed by atoms with Gasteiger partial charge in [-0.2, -0.15) is 0 Å². The number of ether oxygens (including phenoxy) is 2. The van der Waals surface area contributed by atoms with Gasteiger partial charge in [-0.3, -0.25) is 10.1 Å². The molecule has 23 heavy (non-hydrogen) atoms. The topological polar surface area (TPSA) is 94.8 Å². The van der Waals surface area contributed by atoms with Crippen molar-refractivity contribution in [2.24, 2.45) is 0 Å². The lowest BCUT2D eigenvalue weighted by Crippen LogP contribution is -2.46. The van der Waals surface area contributed by atoms with Crippen LogP contribution in [0.15, 0.2) is 18.3 Å². The average Bonchev–Trinajstić information content (AvgIpc) is 2.46. The largest absolute Gasteiger partial charge is 0.472 e. The maximum Gasteiger partial charge on any atom is 0.410 e. The third-order valence-electron chi connectivity index (χ3n) is 3.25. The van der Waals surface area contributed by atoms with E-state index in [-0.39, 0.29) is 17.9 Å². The zero-order valence-electron chi connectivity index (χ0n) is 13.5. The number of nitro groups is 1. The third-order valence-corrected chi connectivity index (χ3v) is 3.25. The van der Waals surface area contributed by atoms with Crippen LogP contribution in [0.5, 0.6) is 5.88 Å². The standard InChI is InChI=1S/C15H21N3O5/c1-15(2,3)23-14(19)17-8-4-5-12(10-17)22-13-7-6-11(9-16-13)18(20)21/h6-7,9,12H,4-5,8,10H2,1-3H3/t12-/m1/s1. The van der Waals surface area contributed by atoms with Gasteiger partial charge in [0.1, 0.15) is 17.9 Å². The van der Waals surface area contributed by atoms with E-state index in [1.54, 1.807) is 4.90 Å². The highest BCUT2D eigenvalue weighted by Gasteiger charge is 2.28. The minimum absolute atomic E-state index is 0.0867. The summed E-state index contributed by atoms with van der Waals surface area (Å²) in [6, 6.07) is 2.81. The molecule has 2 heterocycles. The first-order valence-corrected chi connectivity index (χ1v) is 7.49. The molecule has 0 aromatic carbocycles. The first kappa shape index (κ1) is 17.0. The Hall–Kier alpha value is -2.38. The molecule has 1 fully saturated rings. The van der Waals surface area contributed by atoms with Crippen LogP contribution in [0.2, 0.25) is 0 Å². The smallest absolute Gasteiger partial charge is 0.410 e. The minimum Gasteiger partial charge on any atom is -0.472 e. The average molecular weight is 323 g/mol. The molecule has 0 unspecified atom stereocenters. The fraction of sp³-hybridized carbons (Fsp3) is 0.600. The number of hydrogen-bond donors (Lipinski definition) is 0. The number of aromatic nitrogens is 1. The number of likely N-dealkylation sites (tertiary alicyclic amines) is 1. The van der Waals surface area contributed by atoms with E-state index >= 15 is 0 Å². The first-order valence-electron chi connectivity index (χ1n) is 7.49. The Balaban J connectivity index is 1.93. The molecule has 1 aliphatic rings. The van der Waals surface area contributed by atoms with Crippen molar-refractivity contribution in [3.05, 3.63) is 28.4 Å². The second-order valence-corrected chi connectivity index (χ2v) is 6.42.